The van der Waals surface area contributed by atoms with Crippen LogP contribution in [0.1, 0.15) is 34.1 Å². The molecule has 1 saturated heterocycles. The first-order valence-electron chi connectivity index (χ1n) is 13.2. The van der Waals surface area contributed by atoms with E-state index in [2.05, 4.69) is 27.0 Å². The van der Waals surface area contributed by atoms with Crippen LogP contribution in [0.4, 0.5) is 0 Å². The molecule has 0 bridgehead atoms. The van der Waals surface area contributed by atoms with Gasteiger partial charge in [-0.05, 0) is 43.9 Å². The van der Waals surface area contributed by atoms with Crippen molar-refractivity contribution in [2.75, 3.05) is 6.61 Å². The van der Waals surface area contributed by atoms with E-state index in [0.717, 1.165) is 11.0 Å². The molecule has 6 atom stereocenters. The fraction of sp³-hybridized carbons (Fsp3) is 0.481. The van der Waals surface area contributed by atoms with Gasteiger partial charge in [-0.15, -0.1) is 6.42 Å². The molecule has 4 N–H and O–H groups in total. The van der Waals surface area contributed by atoms with Gasteiger partial charge in [-0.3, -0.25) is 14.1 Å². The quantitative estimate of drug-likeness (QED) is 0.0631. The van der Waals surface area contributed by atoms with Gasteiger partial charge >= 0.3 is 13.7 Å². The summed E-state index contributed by atoms with van der Waals surface area (Å²) < 4.78 is 36.8. The Balaban J connectivity index is 2.01. The van der Waals surface area contributed by atoms with Crippen LogP contribution in [-0.4, -0.2) is 69.4 Å². The first-order valence-corrected chi connectivity index (χ1v) is 14.8. The Labute approximate surface area is 249 Å². The molecular weight excluding hydrogens is 583 g/mol. The number of esters is 1. The molecule has 1 unspecified atom stereocenters. The Hall–Kier alpha value is -3.86. The fourth-order valence-electron chi connectivity index (χ4n) is 4.31. The third kappa shape index (κ3) is 7.76. The van der Waals surface area contributed by atoms with Crippen LogP contribution >= 0.6 is 7.75 Å². The van der Waals surface area contributed by atoms with Crippen molar-refractivity contribution in [3.63, 3.8) is 0 Å². The zero-order valence-corrected chi connectivity index (χ0v) is 25.0. The van der Waals surface area contributed by atoms with E-state index in [0.29, 0.717) is 0 Å². The van der Waals surface area contributed by atoms with Crippen molar-refractivity contribution >= 4 is 19.6 Å². The van der Waals surface area contributed by atoms with E-state index in [1.165, 1.54) is 18.3 Å². The lowest BCUT2D eigenvalue weighted by molar-refractivity contribution is -0.150. The largest absolute Gasteiger partial charge is 0.462 e. The van der Waals surface area contributed by atoms with Crippen molar-refractivity contribution in [3.8, 4) is 18.1 Å². The number of para-hydroxylation sites is 1. The maximum atomic E-state index is 14.3. The molecule has 1 aromatic carbocycles. The molecule has 0 radical (unpaired) electrons. The lowest BCUT2D eigenvalue weighted by Gasteiger charge is -2.36. The van der Waals surface area contributed by atoms with Crippen molar-refractivity contribution in [2.45, 2.75) is 69.9 Å². The summed E-state index contributed by atoms with van der Waals surface area (Å²) in [5.74, 6) is 0.759. The standard InChI is InChI=1S/C27H35N6O9P/c1-7-26(37)24(36)27(31-32-28,41-25(26)33-14-13-22(34)29-19(33)6)16-39-43(38,42-20-11-9-8-10-12-20)30-21(15-17(2)3)23(35)40-18(4)5/h1,8-14,17-18,21,24-25,36-37H,6,15-16H2,2-5H3,(H,29,34)(H,30,38)/t21-,24-,25+,26+,27+,43?/m0/s1. The van der Waals surface area contributed by atoms with E-state index in [9.17, 15) is 29.9 Å². The number of nitrogens with zero attached hydrogens (tertiary/aromatic N) is 4. The molecule has 2 aliphatic heterocycles. The number of carbonyl (C=O) groups is 2. The number of hydrogen-bond acceptors (Lipinski definition) is 11. The molecular formula is C27H35N6O9P. The van der Waals surface area contributed by atoms with E-state index in [4.69, 9.17) is 24.9 Å². The van der Waals surface area contributed by atoms with E-state index < -0.39 is 62.0 Å². The molecule has 1 amide bonds. The lowest BCUT2D eigenvalue weighted by atomic mass is 9.91. The second-order valence-electron chi connectivity index (χ2n) is 10.5. The Morgan fingerprint density at radius 3 is 2.60 bits per heavy atom. The summed E-state index contributed by atoms with van der Waals surface area (Å²) in [5.41, 5.74) is 4.35. The monoisotopic (exact) mass is 618 g/mol. The molecule has 0 spiro atoms. The molecule has 2 aliphatic rings. The highest BCUT2D eigenvalue weighted by molar-refractivity contribution is 7.52. The molecule has 3 rings (SSSR count). The number of ether oxygens (including phenoxy) is 2. The number of amides is 1. The number of hydrogen-bond donors (Lipinski definition) is 4. The lowest BCUT2D eigenvalue weighted by Crippen LogP contribution is -2.56. The second kappa shape index (κ2) is 13.6. The third-order valence-electron chi connectivity index (χ3n) is 6.27. The van der Waals surface area contributed by atoms with Gasteiger partial charge in [0, 0.05) is 17.2 Å². The summed E-state index contributed by atoms with van der Waals surface area (Å²) in [6, 6.07) is 6.72. The third-order valence-corrected chi connectivity index (χ3v) is 7.82. The summed E-state index contributed by atoms with van der Waals surface area (Å²) >= 11 is 0. The summed E-state index contributed by atoms with van der Waals surface area (Å²) in [6.07, 6.45) is 3.74. The molecule has 1 fully saturated rings. The van der Waals surface area contributed by atoms with Gasteiger partial charge in [-0.1, -0.05) is 49.7 Å². The zero-order chi connectivity index (χ0) is 32.0. The minimum atomic E-state index is -4.58. The summed E-state index contributed by atoms with van der Waals surface area (Å²) in [4.78, 5) is 28.5. The van der Waals surface area contributed by atoms with Crippen LogP contribution < -0.4 is 14.9 Å². The van der Waals surface area contributed by atoms with E-state index in [-0.39, 0.29) is 23.9 Å². The fourth-order valence-corrected chi connectivity index (χ4v) is 5.84. The van der Waals surface area contributed by atoms with Crippen molar-refractivity contribution in [1.82, 2.24) is 15.3 Å². The van der Waals surface area contributed by atoms with Crippen molar-refractivity contribution in [2.24, 2.45) is 11.0 Å². The number of benzene rings is 1. The Bertz CT molecular complexity index is 1380. The van der Waals surface area contributed by atoms with Crippen LogP contribution in [0, 0.1) is 18.3 Å². The van der Waals surface area contributed by atoms with Crippen LogP contribution in [0.25, 0.3) is 10.4 Å². The number of aliphatic hydroxyl groups excluding tert-OH is 1. The first kappa shape index (κ1) is 33.6. The first-order chi connectivity index (χ1) is 20.2. The summed E-state index contributed by atoms with van der Waals surface area (Å²) in [7, 11) is -4.58. The maximum Gasteiger partial charge on any atom is 0.459 e. The topological polar surface area (TPSA) is 205 Å². The van der Waals surface area contributed by atoms with Crippen molar-refractivity contribution in [3.05, 3.63) is 65.5 Å². The number of nitrogens with one attached hydrogen (secondary N) is 2. The minimum Gasteiger partial charge on any atom is -0.462 e. The predicted octanol–water partition coefficient (Wildman–Crippen LogP) is 2.65. The Morgan fingerprint density at radius 2 is 2.05 bits per heavy atom. The van der Waals surface area contributed by atoms with Crippen LogP contribution in [-0.2, 0) is 28.2 Å². The average molecular weight is 619 g/mol. The minimum absolute atomic E-state index is 0.0607. The van der Waals surface area contributed by atoms with Gasteiger partial charge in [-0.2, -0.15) is 5.09 Å². The highest BCUT2D eigenvalue weighted by Crippen LogP contribution is 2.49. The van der Waals surface area contributed by atoms with E-state index in [1.54, 1.807) is 32.0 Å². The molecule has 16 heteroatoms. The number of azide groups is 1. The van der Waals surface area contributed by atoms with E-state index in [1.807, 2.05) is 19.8 Å². The molecule has 1 aromatic rings. The summed E-state index contributed by atoms with van der Waals surface area (Å²) in [6.45, 7) is 9.69. The van der Waals surface area contributed by atoms with Gasteiger partial charge in [0.1, 0.15) is 23.7 Å². The maximum absolute atomic E-state index is 14.3. The molecule has 15 nitrogen and oxygen atoms in total. The van der Waals surface area contributed by atoms with Crippen molar-refractivity contribution < 1.29 is 42.9 Å². The zero-order valence-electron chi connectivity index (χ0n) is 24.1. The predicted molar refractivity (Wildman–Crippen MR) is 153 cm³/mol. The van der Waals surface area contributed by atoms with Crippen LogP contribution in [0.5, 0.6) is 5.75 Å². The summed E-state index contributed by atoms with van der Waals surface area (Å²) in [5, 5.41) is 31.1. The van der Waals surface area contributed by atoms with Gasteiger partial charge < -0.3 is 34.4 Å². The molecule has 0 aromatic heterocycles. The van der Waals surface area contributed by atoms with Crippen LogP contribution in [0.2, 0.25) is 0 Å². The molecule has 0 saturated carbocycles. The highest BCUT2D eigenvalue weighted by Gasteiger charge is 2.65. The molecule has 0 aliphatic carbocycles. The molecule has 2 heterocycles. The van der Waals surface area contributed by atoms with Crippen molar-refractivity contribution in [1.29, 1.82) is 0 Å². The Morgan fingerprint density at radius 1 is 1.37 bits per heavy atom. The molecule has 43 heavy (non-hydrogen) atoms. The SMILES string of the molecule is C#C[C@]1(O)[C@H](N2C=CC(=O)NC2=C)O[C@@](COP(=O)(N[C@@H](CC(C)C)C(=O)OC(C)C)Oc2ccccc2)(N=[N+]=[N-])[C@H]1O. The highest BCUT2D eigenvalue weighted by atomic mass is 31.2. The number of carbonyl (C=O) groups excluding carboxylic acids is 2. The van der Waals surface area contributed by atoms with Gasteiger partial charge in [-0.25, -0.2) is 4.57 Å². The smallest absolute Gasteiger partial charge is 0.459 e. The van der Waals surface area contributed by atoms with Gasteiger partial charge in [0.25, 0.3) is 5.91 Å². The number of rotatable bonds is 13. The number of terminal acetylenes is 1. The van der Waals surface area contributed by atoms with Gasteiger partial charge in [0.15, 0.2) is 11.8 Å². The van der Waals surface area contributed by atoms with Crippen LogP contribution in [0.15, 0.2) is 60.1 Å². The number of aliphatic hydroxyl groups is 2. The van der Waals surface area contributed by atoms with E-state index >= 15 is 0 Å². The second-order valence-corrected chi connectivity index (χ2v) is 12.2. The molecule has 232 valence electrons. The Kier molecular flexibility index (Phi) is 10.7. The normalized spacial score (nSPS) is 27.2. The average Bonchev–Trinajstić information content (AvgIpc) is 3.14. The van der Waals surface area contributed by atoms with Crippen LogP contribution in [0.3, 0.4) is 0 Å². The van der Waals surface area contributed by atoms with Gasteiger partial charge in [0.2, 0.25) is 5.72 Å². The van der Waals surface area contributed by atoms with Gasteiger partial charge in [0.05, 0.1) is 12.7 Å².